The lowest BCUT2D eigenvalue weighted by Crippen LogP contribution is -2.61. The topological polar surface area (TPSA) is 145 Å². The average Bonchev–Trinajstić information content (AvgIpc) is 2.78. The molecule has 1 fully saturated rings. The zero-order valence-corrected chi connectivity index (χ0v) is 18.7. The number of aliphatic carboxylic acids is 1. The van der Waals surface area contributed by atoms with Crippen molar-refractivity contribution in [2.75, 3.05) is 18.0 Å². The summed E-state index contributed by atoms with van der Waals surface area (Å²) in [7, 11) is -4.29. The van der Waals surface area contributed by atoms with Crippen LogP contribution in [0, 0.1) is 5.41 Å². The molecule has 0 radical (unpaired) electrons. The van der Waals surface area contributed by atoms with Crippen molar-refractivity contribution in [2.24, 2.45) is 5.73 Å². The minimum absolute atomic E-state index is 0.0373. The fraction of sp³-hybridized carbons (Fsp3) is 0.136. The molecule has 0 aliphatic carbocycles. The summed E-state index contributed by atoms with van der Waals surface area (Å²) in [4.78, 5) is 26.2. The normalized spacial score (nSPS) is 17.3. The number of anilines is 1. The third-order valence-corrected chi connectivity index (χ3v) is 7.53. The number of sulfonamides is 1. The summed E-state index contributed by atoms with van der Waals surface area (Å²) in [6.45, 7) is -0.247. The second kappa shape index (κ2) is 8.47. The summed E-state index contributed by atoms with van der Waals surface area (Å²) in [5.41, 5.74) is 6.27. The molecule has 170 valence electrons. The Balaban J connectivity index is 1.68. The van der Waals surface area contributed by atoms with Crippen LogP contribution in [-0.4, -0.2) is 54.7 Å². The Labute approximate surface area is 194 Å². The zero-order valence-electron chi connectivity index (χ0n) is 17.1. The Bertz CT molecular complexity index is 1390. The van der Waals surface area contributed by atoms with Gasteiger partial charge in [0.2, 0.25) is 16.1 Å². The van der Waals surface area contributed by atoms with Gasteiger partial charge < -0.3 is 15.7 Å². The monoisotopic (exact) mass is 486 g/mol. The highest BCUT2D eigenvalue weighted by Crippen LogP contribution is 2.29. The molecule has 1 atom stereocenters. The molecule has 33 heavy (non-hydrogen) atoms. The maximum atomic E-state index is 13.3. The van der Waals surface area contributed by atoms with Gasteiger partial charge in [0, 0.05) is 29.4 Å². The predicted octanol–water partition coefficient (Wildman–Crippen LogP) is 2.27. The number of nitrogen functional groups attached to an aromatic ring is 1. The van der Waals surface area contributed by atoms with Gasteiger partial charge in [0.05, 0.1) is 4.90 Å². The van der Waals surface area contributed by atoms with E-state index in [0.717, 1.165) is 9.69 Å². The number of fused-ring (bicyclic) bond motifs is 1. The van der Waals surface area contributed by atoms with E-state index < -0.39 is 27.9 Å². The highest BCUT2D eigenvalue weighted by atomic mass is 35.5. The van der Waals surface area contributed by atoms with Crippen molar-refractivity contribution in [3.63, 3.8) is 0 Å². The summed E-state index contributed by atoms with van der Waals surface area (Å²) in [6.07, 6.45) is 0. The van der Waals surface area contributed by atoms with Gasteiger partial charge in [-0.15, -0.1) is 0 Å². The van der Waals surface area contributed by atoms with E-state index in [1.165, 1.54) is 41.3 Å². The number of amides is 1. The molecule has 1 aliphatic heterocycles. The van der Waals surface area contributed by atoms with Crippen molar-refractivity contribution >= 4 is 55.8 Å². The van der Waals surface area contributed by atoms with E-state index >= 15 is 0 Å². The number of nitrogens with one attached hydrogen (secondary N) is 1. The lowest BCUT2D eigenvalue weighted by Gasteiger charge is -2.37. The molecule has 11 heteroatoms. The van der Waals surface area contributed by atoms with Crippen LogP contribution in [0.5, 0.6) is 0 Å². The van der Waals surface area contributed by atoms with Gasteiger partial charge in [-0.25, -0.2) is 13.2 Å². The van der Waals surface area contributed by atoms with Crippen molar-refractivity contribution < 1.29 is 23.1 Å². The number of carboxylic acids is 1. The molecule has 9 nitrogen and oxygen atoms in total. The van der Waals surface area contributed by atoms with Crippen molar-refractivity contribution in [3.8, 4) is 0 Å². The van der Waals surface area contributed by atoms with Gasteiger partial charge in [0.1, 0.15) is 5.84 Å². The second-order valence-corrected chi connectivity index (χ2v) is 9.79. The van der Waals surface area contributed by atoms with E-state index in [0.29, 0.717) is 21.7 Å². The summed E-state index contributed by atoms with van der Waals surface area (Å²) < 4.78 is 27.4. The quantitative estimate of drug-likeness (QED) is 0.286. The molecule has 1 saturated heterocycles. The molecule has 4 rings (SSSR count). The van der Waals surface area contributed by atoms with Crippen molar-refractivity contribution in [1.29, 1.82) is 5.41 Å². The van der Waals surface area contributed by atoms with Crippen molar-refractivity contribution in [2.45, 2.75) is 10.9 Å². The molecule has 1 unspecified atom stereocenters. The lowest BCUT2D eigenvalue weighted by atomic mass is 10.1. The molecule has 0 bridgehead atoms. The molecule has 0 aromatic heterocycles. The Morgan fingerprint density at radius 1 is 1.03 bits per heavy atom. The Hall–Kier alpha value is -3.47. The Morgan fingerprint density at radius 2 is 1.67 bits per heavy atom. The summed E-state index contributed by atoms with van der Waals surface area (Å²) in [5, 5.41) is 19.1. The Morgan fingerprint density at radius 3 is 2.30 bits per heavy atom. The van der Waals surface area contributed by atoms with Gasteiger partial charge >= 0.3 is 5.97 Å². The summed E-state index contributed by atoms with van der Waals surface area (Å²) >= 11 is 5.98. The van der Waals surface area contributed by atoms with Gasteiger partial charge in [-0.1, -0.05) is 23.7 Å². The average molecular weight is 487 g/mol. The minimum Gasteiger partial charge on any atom is -0.480 e. The maximum Gasteiger partial charge on any atom is 0.331 e. The van der Waals surface area contributed by atoms with Gasteiger partial charge in [0.25, 0.3) is 5.91 Å². The third-order valence-electron chi connectivity index (χ3n) is 5.44. The molecule has 0 saturated carbocycles. The largest absolute Gasteiger partial charge is 0.480 e. The lowest BCUT2D eigenvalue weighted by molar-refractivity contribution is -0.146. The fourth-order valence-electron chi connectivity index (χ4n) is 3.76. The number of nitrogens with zero attached hydrogens (tertiary/aromatic N) is 2. The molecule has 3 aromatic carbocycles. The molecule has 1 aliphatic rings. The number of carbonyl (C=O) groups is 2. The van der Waals surface area contributed by atoms with Gasteiger partial charge in [-0.05, 0) is 59.3 Å². The smallest absolute Gasteiger partial charge is 0.331 e. The van der Waals surface area contributed by atoms with Crippen LogP contribution in [0.25, 0.3) is 10.8 Å². The predicted molar refractivity (Wildman–Crippen MR) is 124 cm³/mol. The van der Waals surface area contributed by atoms with Crippen LogP contribution < -0.4 is 10.6 Å². The van der Waals surface area contributed by atoms with E-state index in [1.54, 1.807) is 24.3 Å². The number of piperazine rings is 1. The molecule has 1 amide bonds. The van der Waals surface area contributed by atoms with Crippen LogP contribution in [0.2, 0.25) is 5.02 Å². The number of nitrogens with two attached hydrogens (primary N) is 1. The highest BCUT2D eigenvalue weighted by Gasteiger charge is 2.46. The molecule has 4 N–H and O–H groups in total. The van der Waals surface area contributed by atoms with Crippen molar-refractivity contribution in [1.82, 2.24) is 4.31 Å². The standard InChI is InChI=1S/C22H19ClN4O5S/c23-16-5-1-15-12-18(8-4-14(15)11-16)33(31,32)27-10-9-26(21(28)19(27)22(29)30)17-6-2-13(3-7-17)20(24)25/h1-8,11-12,19H,9-10H2,(H3,24,25)(H,29,30). The summed E-state index contributed by atoms with van der Waals surface area (Å²) in [5.74, 6) is -2.59. The first-order valence-corrected chi connectivity index (χ1v) is 11.6. The first-order chi connectivity index (χ1) is 15.6. The van der Waals surface area contributed by atoms with E-state index in [1.807, 2.05) is 0 Å². The van der Waals surface area contributed by atoms with E-state index in [4.69, 9.17) is 22.7 Å². The fourth-order valence-corrected chi connectivity index (χ4v) is 5.51. The number of carbonyl (C=O) groups excluding carboxylic acids is 1. The number of hydrogen-bond donors (Lipinski definition) is 3. The Kier molecular flexibility index (Phi) is 5.83. The molecule has 3 aromatic rings. The van der Waals surface area contributed by atoms with Crippen LogP contribution in [0.15, 0.2) is 65.6 Å². The number of benzene rings is 3. The first-order valence-electron chi connectivity index (χ1n) is 9.79. The van der Waals surface area contributed by atoms with Crippen LogP contribution in [0.3, 0.4) is 0 Å². The van der Waals surface area contributed by atoms with E-state index in [2.05, 4.69) is 0 Å². The number of rotatable bonds is 5. The van der Waals surface area contributed by atoms with Crippen LogP contribution in [0.4, 0.5) is 5.69 Å². The van der Waals surface area contributed by atoms with E-state index in [-0.39, 0.29) is 23.8 Å². The molecule has 1 heterocycles. The number of halogens is 1. The maximum absolute atomic E-state index is 13.3. The molecule has 0 spiro atoms. The van der Waals surface area contributed by atoms with Crippen molar-refractivity contribution in [3.05, 3.63) is 71.2 Å². The number of amidine groups is 1. The SMILES string of the molecule is N=C(N)c1ccc(N2CCN(S(=O)(=O)c3ccc4cc(Cl)ccc4c3)C(C(=O)O)C2=O)cc1. The van der Waals surface area contributed by atoms with Gasteiger partial charge in [-0.3, -0.25) is 10.2 Å². The van der Waals surface area contributed by atoms with Crippen LogP contribution in [-0.2, 0) is 19.6 Å². The van der Waals surface area contributed by atoms with Gasteiger partial charge in [0.15, 0.2) is 0 Å². The molecular formula is C22H19ClN4O5S. The number of carboxylic acid groups (broad SMARTS) is 1. The molecular weight excluding hydrogens is 468 g/mol. The van der Waals surface area contributed by atoms with Gasteiger partial charge in [-0.2, -0.15) is 4.31 Å². The van der Waals surface area contributed by atoms with Crippen LogP contribution in [0.1, 0.15) is 5.56 Å². The second-order valence-electron chi connectivity index (χ2n) is 7.46. The van der Waals surface area contributed by atoms with E-state index in [9.17, 15) is 23.1 Å². The third kappa shape index (κ3) is 4.15. The first kappa shape index (κ1) is 22.7. The zero-order chi connectivity index (χ0) is 23.9. The van der Waals surface area contributed by atoms with Crippen LogP contribution >= 0.6 is 11.6 Å². The highest BCUT2D eigenvalue weighted by molar-refractivity contribution is 7.89. The minimum atomic E-state index is -4.29. The number of hydrogen-bond acceptors (Lipinski definition) is 5. The summed E-state index contributed by atoms with van der Waals surface area (Å²) in [6, 6.07) is 13.6.